The van der Waals surface area contributed by atoms with E-state index in [0.717, 1.165) is 30.7 Å². The molecule has 0 radical (unpaired) electrons. The van der Waals surface area contributed by atoms with E-state index in [-0.39, 0.29) is 17.9 Å². The Labute approximate surface area is 273 Å². The molecule has 0 unspecified atom stereocenters. The summed E-state index contributed by atoms with van der Waals surface area (Å²) in [6, 6.07) is 22.6. The number of methoxy groups -OCH3 is 1. The Morgan fingerprint density at radius 1 is 0.886 bits per heavy atom. The maximum atomic E-state index is 13.5. The lowest BCUT2D eigenvalue weighted by molar-refractivity contribution is -0.122. The summed E-state index contributed by atoms with van der Waals surface area (Å²) in [5, 5.41) is 2.85. The average Bonchev–Trinajstić information content (AvgIpc) is 2.98. The Morgan fingerprint density at radius 2 is 1.59 bits per heavy atom. The lowest BCUT2D eigenvalue weighted by Gasteiger charge is -2.26. The van der Waals surface area contributed by atoms with E-state index in [1.165, 1.54) is 13.2 Å². The molecule has 0 aromatic heterocycles. The molecular weight excluding hydrogens is 695 g/mol. The molecule has 4 aromatic carbocycles. The molecule has 1 heterocycles. The number of nitrogens with zero attached hydrogens (tertiary/aromatic N) is 1. The quantitative estimate of drug-likeness (QED) is 0.110. The molecule has 44 heavy (non-hydrogen) atoms. The van der Waals surface area contributed by atoms with Gasteiger partial charge in [-0.15, -0.1) is 0 Å². The molecule has 1 saturated heterocycles. The van der Waals surface area contributed by atoms with E-state index < -0.39 is 17.8 Å². The molecule has 10 heteroatoms. The van der Waals surface area contributed by atoms with Crippen LogP contribution in [0.15, 0.2) is 84.4 Å². The molecule has 1 aliphatic heterocycles. The molecule has 8 nitrogen and oxygen atoms in total. The molecule has 0 atom stereocenters. The van der Waals surface area contributed by atoms with Gasteiger partial charge in [-0.05, 0) is 96.1 Å². The van der Waals surface area contributed by atoms with Crippen LogP contribution >= 0.6 is 34.2 Å². The Bertz CT molecular complexity index is 1770. The first-order valence-electron chi connectivity index (χ1n) is 13.6. The van der Waals surface area contributed by atoms with Crippen LogP contribution in [0.2, 0.25) is 5.02 Å². The number of ether oxygens (including phenoxy) is 3. The summed E-state index contributed by atoms with van der Waals surface area (Å²) in [4.78, 5) is 39.9. The van der Waals surface area contributed by atoms with Gasteiger partial charge in [0.15, 0.2) is 11.5 Å². The predicted octanol–water partition coefficient (Wildman–Crippen LogP) is 7.39. The van der Waals surface area contributed by atoms with Gasteiger partial charge in [-0.3, -0.25) is 14.9 Å². The van der Waals surface area contributed by atoms with Crippen LogP contribution in [-0.2, 0) is 22.8 Å². The fourth-order valence-corrected chi connectivity index (χ4v) is 5.77. The number of anilines is 1. The molecule has 1 N–H and O–H groups in total. The van der Waals surface area contributed by atoms with E-state index in [1.807, 2.05) is 32.0 Å². The van der Waals surface area contributed by atoms with Gasteiger partial charge in [-0.2, -0.15) is 0 Å². The third-order valence-electron chi connectivity index (χ3n) is 6.78. The first kappa shape index (κ1) is 31.1. The number of aryl methyl sites for hydroxylation is 2. The van der Waals surface area contributed by atoms with Crippen LogP contribution < -0.4 is 24.4 Å². The van der Waals surface area contributed by atoms with Gasteiger partial charge < -0.3 is 14.2 Å². The number of nitrogens with one attached hydrogen (secondary N) is 1. The number of urea groups is 1. The number of carbonyl (C=O) groups excluding carboxylic acids is 3. The minimum absolute atomic E-state index is 0.203. The molecule has 0 saturated carbocycles. The van der Waals surface area contributed by atoms with Gasteiger partial charge in [0.2, 0.25) is 0 Å². The molecular formula is C34H28ClIN2O6. The van der Waals surface area contributed by atoms with Gasteiger partial charge in [0.1, 0.15) is 24.5 Å². The van der Waals surface area contributed by atoms with Gasteiger partial charge in [0.25, 0.3) is 11.8 Å². The lowest BCUT2D eigenvalue weighted by atomic mass is 10.1. The summed E-state index contributed by atoms with van der Waals surface area (Å²) < 4.78 is 18.2. The number of imide groups is 2. The van der Waals surface area contributed by atoms with Crippen molar-refractivity contribution >= 4 is 63.8 Å². The maximum Gasteiger partial charge on any atom is 0.335 e. The van der Waals surface area contributed by atoms with Crippen molar-refractivity contribution in [3.63, 3.8) is 0 Å². The third-order valence-corrected chi connectivity index (χ3v) is 7.95. The third kappa shape index (κ3) is 7.06. The Morgan fingerprint density at radius 3 is 2.27 bits per heavy atom. The number of carbonyl (C=O) groups is 3. The largest absolute Gasteiger partial charge is 0.493 e. The zero-order valence-electron chi connectivity index (χ0n) is 24.1. The minimum atomic E-state index is -0.843. The highest BCUT2D eigenvalue weighted by atomic mass is 127. The highest BCUT2D eigenvalue weighted by molar-refractivity contribution is 14.1. The first-order valence-corrected chi connectivity index (χ1v) is 15.0. The molecule has 1 fully saturated rings. The first-order chi connectivity index (χ1) is 21.1. The van der Waals surface area contributed by atoms with Gasteiger partial charge in [0.05, 0.1) is 16.4 Å². The number of rotatable bonds is 9. The Kier molecular flexibility index (Phi) is 9.55. The lowest BCUT2D eigenvalue weighted by Crippen LogP contribution is -2.54. The van der Waals surface area contributed by atoms with Crippen molar-refractivity contribution in [2.45, 2.75) is 27.1 Å². The number of hydrogen-bond acceptors (Lipinski definition) is 6. The smallest absolute Gasteiger partial charge is 0.335 e. The summed E-state index contributed by atoms with van der Waals surface area (Å²) in [6.45, 7) is 4.67. The van der Waals surface area contributed by atoms with Crippen molar-refractivity contribution in [3.05, 3.63) is 121 Å². The van der Waals surface area contributed by atoms with Crippen LogP contribution in [0, 0.1) is 17.4 Å². The van der Waals surface area contributed by atoms with Gasteiger partial charge >= 0.3 is 6.03 Å². The van der Waals surface area contributed by atoms with Crippen LogP contribution in [0.1, 0.15) is 27.8 Å². The van der Waals surface area contributed by atoms with E-state index in [1.54, 1.807) is 42.5 Å². The maximum absolute atomic E-state index is 13.5. The SMILES string of the molecule is COc1cc(/C=C2\C(=O)NC(=O)N(c3ccc(OCc4ccccc4Cl)cc3)C2=O)cc(I)c1OCc1cc(C)cc(C)c1. The highest BCUT2D eigenvalue weighted by Gasteiger charge is 2.37. The van der Waals surface area contributed by atoms with E-state index in [9.17, 15) is 14.4 Å². The number of benzene rings is 4. The zero-order valence-corrected chi connectivity index (χ0v) is 27.1. The van der Waals surface area contributed by atoms with Crippen molar-refractivity contribution < 1.29 is 28.6 Å². The van der Waals surface area contributed by atoms with E-state index in [0.29, 0.717) is 34.4 Å². The predicted molar refractivity (Wildman–Crippen MR) is 177 cm³/mol. The molecule has 224 valence electrons. The monoisotopic (exact) mass is 722 g/mol. The summed E-state index contributed by atoms with van der Waals surface area (Å²) >= 11 is 8.32. The van der Waals surface area contributed by atoms with Crippen LogP contribution in [0.3, 0.4) is 0 Å². The number of hydrogen-bond donors (Lipinski definition) is 1. The normalized spacial score (nSPS) is 14.1. The summed E-state index contributed by atoms with van der Waals surface area (Å²) in [6.07, 6.45) is 1.43. The van der Waals surface area contributed by atoms with E-state index in [2.05, 4.69) is 46.1 Å². The van der Waals surface area contributed by atoms with Gasteiger partial charge in [-0.25, -0.2) is 9.69 Å². The highest BCUT2D eigenvalue weighted by Crippen LogP contribution is 2.36. The number of halogens is 2. The summed E-state index contributed by atoms with van der Waals surface area (Å²) in [7, 11) is 1.52. The van der Waals surface area contributed by atoms with Crippen molar-refractivity contribution in [2.75, 3.05) is 12.0 Å². The van der Waals surface area contributed by atoms with E-state index in [4.69, 9.17) is 25.8 Å². The number of barbiturate groups is 1. The second-order valence-electron chi connectivity index (χ2n) is 10.2. The fraction of sp³-hybridized carbons (Fsp3) is 0.147. The Hall–Kier alpha value is -4.35. The van der Waals surface area contributed by atoms with Gasteiger partial charge in [0, 0.05) is 10.6 Å². The van der Waals surface area contributed by atoms with Crippen molar-refractivity contribution in [1.82, 2.24) is 5.32 Å². The fourth-order valence-electron chi connectivity index (χ4n) is 4.80. The topological polar surface area (TPSA) is 94.2 Å². The van der Waals surface area contributed by atoms with Crippen LogP contribution in [0.5, 0.6) is 17.2 Å². The van der Waals surface area contributed by atoms with Crippen molar-refractivity contribution in [2.24, 2.45) is 0 Å². The molecule has 0 bridgehead atoms. The van der Waals surface area contributed by atoms with Crippen LogP contribution in [0.4, 0.5) is 10.5 Å². The molecule has 5 rings (SSSR count). The zero-order chi connectivity index (χ0) is 31.4. The molecule has 0 aliphatic carbocycles. The number of amides is 4. The standard InChI is InChI=1S/C34H28ClIN2O6/c1-20-12-21(2)14-23(13-20)18-44-31-29(36)16-22(17-30(31)42-3)15-27-32(39)37-34(41)38(33(27)40)25-8-10-26(11-9-25)43-19-24-6-4-5-7-28(24)35/h4-17H,18-19H2,1-3H3,(H,37,39,41)/b27-15+. The van der Waals surface area contributed by atoms with Crippen LogP contribution in [-0.4, -0.2) is 25.0 Å². The van der Waals surface area contributed by atoms with Gasteiger partial charge in [-0.1, -0.05) is 59.1 Å². The molecule has 4 amide bonds. The molecule has 0 spiro atoms. The second kappa shape index (κ2) is 13.5. The molecule has 1 aliphatic rings. The van der Waals surface area contributed by atoms with E-state index >= 15 is 0 Å². The Balaban J connectivity index is 1.35. The van der Waals surface area contributed by atoms with Crippen LogP contribution in [0.25, 0.3) is 6.08 Å². The average molecular weight is 723 g/mol. The molecule has 4 aromatic rings. The summed E-state index contributed by atoms with van der Waals surface area (Å²) in [5.41, 5.74) is 4.75. The minimum Gasteiger partial charge on any atom is -0.493 e. The van der Waals surface area contributed by atoms with Crippen molar-refractivity contribution in [1.29, 1.82) is 0 Å². The second-order valence-corrected chi connectivity index (χ2v) is 11.7. The summed E-state index contributed by atoms with van der Waals surface area (Å²) in [5.74, 6) is -0.0425. The van der Waals surface area contributed by atoms with Crippen molar-refractivity contribution in [3.8, 4) is 17.2 Å².